The quantitative estimate of drug-likeness (QED) is 0.912. The second-order valence-corrected chi connectivity index (χ2v) is 5.50. The lowest BCUT2D eigenvalue weighted by atomic mass is 10.1. The van der Waals surface area contributed by atoms with Crippen molar-refractivity contribution in [2.45, 2.75) is 33.4 Å². The highest BCUT2D eigenvalue weighted by atomic mass is 35.5. The minimum absolute atomic E-state index is 0. The molecule has 0 radical (unpaired) electrons. The summed E-state index contributed by atoms with van der Waals surface area (Å²) in [6, 6.07) is 6.57. The predicted octanol–water partition coefficient (Wildman–Crippen LogP) is 2.72. The monoisotopic (exact) mass is 306 g/mol. The van der Waals surface area contributed by atoms with Crippen LogP contribution in [0.25, 0.3) is 0 Å². The zero-order valence-corrected chi connectivity index (χ0v) is 13.7. The van der Waals surface area contributed by atoms with Crippen LogP contribution in [0.3, 0.4) is 0 Å². The van der Waals surface area contributed by atoms with Crippen LogP contribution in [-0.2, 0) is 26.6 Å². The molecule has 2 N–H and O–H groups in total. The van der Waals surface area contributed by atoms with Gasteiger partial charge in [0.1, 0.15) is 0 Å². The van der Waals surface area contributed by atoms with Gasteiger partial charge in [-0.2, -0.15) is 5.10 Å². The Kier molecular flexibility index (Phi) is 4.91. The number of fused-ring (bicyclic) bond motifs is 1. The number of rotatable bonds is 4. The van der Waals surface area contributed by atoms with Gasteiger partial charge in [-0.15, -0.1) is 12.4 Å². The fourth-order valence-corrected chi connectivity index (χ4v) is 2.95. The summed E-state index contributed by atoms with van der Waals surface area (Å²) in [6.45, 7) is 7.02. The smallest absolute Gasteiger partial charge is 0.0641 e. The van der Waals surface area contributed by atoms with Gasteiger partial charge in [0.05, 0.1) is 5.69 Å². The summed E-state index contributed by atoms with van der Waals surface area (Å²) < 4.78 is 1.95. The van der Waals surface area contributed by atoms with Crippen molar-refractivity contribution < 1.29 is 0 Å². The number of aromatic nitrogens is 2. The highest BCUT2D eigenvalue weighted by Crippen LogP contribution is 2.26. The first-order valence-corrected chi connectivity index (χ1v) is 7.21. The third-order valence-electron chi connectivity index (χ3n) is 4.21. The number of anilines is 1. The van der Waals surface area contributed by atoms with Crippen LogP contribution in [0.1, 0.15) is 28.1 Å². The maximum Gasteiger partial charge on any atom is 0.0641 e. The summed E-state index contributed by atoms with van der Waals surface area (Å²) in [7, 11) is 2.00. The van der Waals surface area contributed by atoms with Crippen LogP contribution in [0.5, 0.6) is 0 Å². The average Bonchev–Trinajstić information content (AvgIpc) is 2.99. The Hall–Kier alpha value is -1.52. The number of aryl methyl sites for hydroxylation is 2. The molecule has 4 nitrogen and oxygen atoms in total. The number of para-hydroxylation sites is 1. The maximum absolute atomic E-state index is 4.46. The highest BCUT2D eigenvalue weighted by molar-refractivity contribution is 5.85. The van der Waals surface area contributed by atoms with Crippen molar-refractivity contribution >= 4 is 18.1 Å². The van der Waals surface area contributed by atoms with Crippen molar-refractivity contribution in [2.24, 2.45) is 7.05 Å². The largest absolute Gasteiger partial charge is 0.384 e. The number of nitrogens with one attached hydrogen (secondary N) is 2. The van der Waals surface area contributed by atoms with E-state index in [2.05, 4.69) is 47.8 Å². The van der Waals surface area contributed by atoms with Crippen LogP contribution in [-0.4, -0.2) is 16.3 Å². The van der Waals surface area contributed by atoms with E-state index in [9.17, 15) is 0 Å². The molecule has 0 saturated heterocycles. The minimum atomic E-state index is 0. The van der Waals surface area contributed by atoms with Crippen LogP contribution in [0, 0.1) is 13.8 Å². The lowest BCUT2D eigenvalue weighted by Gasteiger charge is -2.10. The number of benzene rings is 1. The summed E-state index contributed by atoms with van der Waals surface area (Å²) in [5, 5.41) is 11.5. The minimum Gasteiger partial charge on any atom is -0.384 e. The average molecular weight is 307 g/mol. The molecule has 0 amide bonds. The van der Waals surface area contributed by atoms with Gasteiger partial charge >= 0.3 is 0 Å². The van der Waals surface area contributed by atoms with Gasteiger partial charge < -0.3 is 10.6 Å². The molecule has 0 bridgehead atoms. The van der Waals surface area contributed by atoms with E-state index in [1.807, 2.05) is 11.7 Å². The molecule has 0 unspecified atom stereocenters. The molecular formula is C16H23ClN4. The lowest BCUT2D eigenvalue weighted by Crippen LogP contribution is -2.15. The van der Waals surface area contributed by atoms with Gasteiger partial charge in [-0.05, 0) is 31.4 Å². The van der Waals surface area contributed by atoms with Crippen molar-refractivity contribution in [3.63, 3.8) is 0 Å². The summed E-state index contributed by atoms with van der Waals surface area (Å²) in [5.74, 6) is 0. The maximum atomic E-state index is 4.46. The third kappa shape index (κ3) is 3.06. The first kappa shape index (κ1) is 15.9. The Morgan fingerprint density at radius 3 is 2.81 bits per heavy atom. The van der Waals surface area contributed by atoms with E-state index in [4.69, 9.17) is 0 Å². The zero-order valence-electron chi connectivity index (χ0n) is 12.9. The molecular weight excluding hydrogens is 284 g/mol. The summed E-state index contributed by atoms with van der Waals surface area (Å²) in [6.07, 6.45) is 1.14. The lowest BCUT2D eigenvalue weighted by molar-refractivity contribution is 0.685. The number of hydrogen-bond acceptors (Lipinski definition) is 3. The van der Waals surface area contributed by atoms with E-state index in [-0.39, 0.29) is 12.4 Å². The van der Waals surface area contributed by atoms with E-state index in [1.165, 1.54) is 28.1 Å². The predicted molar refractivity (Wildman–Crippen MR) is 89.1 cm³/mol. The number of hydrogen-bond donors (Lipinski definition) is 2. The molecule has 1 aromatic carbocycles. The van der Waals surface area contributed by atoms with Gasteiger partial charge in [0.15, 0.2) is 0 Å². The fourth-order valence-electron chi connectivity index (χ4n) is 2.95. The van der Waals surface area contributed by atoms with E-state index < -0.39 is 0 Å². The van der Waals surface area contributed by atoms with Gasteiger partial charge in [-0.25, -0.2) is 0 Å². The van der Waals surface area contributed by atoms with E-state index in [0.717, 1.165) is 31.7 Å². The summed E-state index contributed by atoms with van der Waals surface area (Å²) >= 11 is 0. The molecule has 2 heterocycles. The van der Waals surface area contributed by atoms with Crippen molar-refractivity contribution in [1.29, 1.82) is 0 Å². The molecule has 1 aromatic heterocycles. The van der Waals surface area contributed by atoms with Crippen LogP contribution in [0.4, 0.5) is 5.69 Å². The first-order chi connectivity index (χ1) is 9.66. The number of nitrogens with zero attached hydrogens (tertiary/aromatic N) is 2. The topological polar surface area (TPSA) is 41.9 Å². The Bertz CT molecular complexity index is 633. The molecule has 0 fully saturated rings. The summed E-state index contributed by atoms with van der Waals surface area (Å²) in [5.41, 5.74) is 7.81. The van der Waals surface area contributed by atoms with Crippen molar-refractivity contribution in [3.05, 3.63) is 46.3 Å². The molecule has 0 saturated carbocycles. The van der Waals surface area contributed by atoms with Crippen molar-refractivity contribution in [3.8, 4) is 0 Å². The second kappa shape index (κ2) is 6.50. The SMILES string of the molecule is Cc1nn(C)c(C)c1CNCc1cccc2c1NCC2.Cl. The molecule has 3 rings (SSSR count). The third-order valence-corrected chi connectivity index (χ3v) is 4.21. The first-order valence-electron chi connectivity index (χ1n) is 7.21. The Balaban J connectivity index is 0.00000161. The summed E-state index contributed by atoms with van der Waals surface area (Å²) in [4.78, 5) is 0. The van der Waals surface area contributed by atoms with Crippen LogP contribution in [0.15, 0.2) is 18.2 Å². The van der Waals surface area contributed by atoms with Gasteiger partial charge in [0.25, 0.3) is 0 Å². The van der Waals surface area contributed by atoms with Gasteiger partial charge in [-0.1, -0.05) is 18.2 Å². The van der Waals surface area contributed by atoms with Crippen LogP contribution < -0.4 is 10.6 Å². The normalized spacial score (nSPS) is 12.7. The second-order valence-electron chi connectivity index (χ2n) is 5.50. The molecule has 1 aliphatic rings. The molecule has 5 heteroatoms. The van der Waals surface area contributed by atoms with E-state index in [0.29, 0.717) is 0 Å². The van der Waals surface area contributed by atoms with Gasteiger partial charge in [-0.3, -0.25) is 4.68 Å². The molecule has 1 aliphatic heterocycles. The Morgan fingerprint density at radius 1 is 1.29 bits per heavy atom. The van der Waals surface area contributed by atoms with Crippen molar-refractivity contribution in [1.82, 2.24) is 15.1 Å². The van der Waals surface area contributed by atoms with Gasteiger partial charge in [0.2, 0.25) is 0 Å². The fraction of sp³-hybridized carbons (Fsp3) is 0.438. The highest BCUT2D eigenvalue weighted by Gasteiger charge is 2.14. The Labute approximate surface area is 132 Å². The zero-order chi connectivity index (χ0) is 14.1. The molecule has 0 aliphatic carbocycles. The standard InChI is InChI=1S/C16H22N4.ClH/c1-11-15(12(2)20(3)19-11)10-17-9-14-6-4-5-13-7-8-18-16(13)14;/h4-6,17-18H,7-10H2,1-3H3;1H. The molecule has 2 aromatic rings. The van der Waals surface area contributed by atoms with Gasteiger partial charge in [0, 0.05) is 43.6 Å². The van der Waals surface area contributed by atoms with Crippen molar-refractivity contribution in [2.75, 3.05) is 11.9 Å². The molecule has 0 spiro atoms. The number of halogens is 1. The molecule has 0 atom stereocenters. The van der Waals surface area contributed by atoms with Crippen LogP contribution in [0.2, 0.25) is 0 Å². The Morgan fingerprint density at radius 2 is 2.10 bits per heavy atom. The molecule has 114 valence electrons. The van der Waals surface area contributed by atoms with E-state index >= 15 is 0 Å². The van der Waals surface area contributed by atoms with Crippen LogP contribution >= 0.6 is 12.4 Å². The van der Waals surface area contributed by atoms with E-state index in [1.54, 1.807) is 0 Å². The molecule has 21 heavy (non-hydrogen) atoms.